The van der Waals surface area contributed by atoms with Gasteiger partial charge in [-0.05, 0) is 45.4 Å². The maximum atomic E-state index is 4.12. The summed E-state index contributed by atoms with van der Waals surface area (Å²) in [6.07, 6.45) is 3.88. The lowest BCUT2D eigenvalue weighted by molar-refractivity contribution is 0.445. The van der Waals surface area contributed by atoms with Gasteiger partial charge in [0.25, 0.3) is 0 Å². The van der Waals surface area contributed by atoms with E-state index in [1.54, 1.807) is 0 Å². The number of rotatable bonds is 5. The van der Waals surface area contributed by atoms with Crippen LogP contribution < -0.4 is 5.32 Å². The molecule has 1 rings (SSSR count). The van der Waals surface area contributed by atoms with E-state index in [1.165, 1.54) is 30.6 Å². The maximum absolute atomic E-state index is 4.12. The molecule has 0 saturated carbocycles. The minimum atomic E-state index is 0.390. The number of nitrogens with one attached hydrogen (secondary N) is 1. The van der Waals surface area contributed by atoms with Crippen molar-refractivity contribution in [3.05, 3.63) is 12.2 Å². The molecule has 1 N–H and O–H groups in total. The van der Waals surface area contributed by atoms with Crippen LogP contribution in [0.5, 0.6) is 0 Å². The first-order valence-electron chi connectivity index (χ1n) is 5.63. The zero-order valence-corrected chi connectivity index (χ0v) is 10.5. The van der Waals surface area contributed by atoms with Crippen molar-refractivity contribution in [2.45, 2.75) is 50.8 Å². The summed E-state index contributed by atoms with van der Waals surface area (Å²) in [6, 6.07) is 0.495. The molecule has 2 atom stereocenters. The minimum Gasteiger partial charge on any atom is -0.309 e. The van der Waals surface area contributed by atoms with E-state index in [-0.39, 0.29) is 0 Å². The van der Waals surface area contributed by atoms with Crippen molar-refractivity contribution >= 4 is 11.8 Å². The SMILES string of the molecule is C=C(C)C(NCCC)C1(C)CCCS1. The lowest BCUT2D eigenvalue weighted by Gasteiger charge is -2.34. The quantitative estimate of drug-likeness (QED) is 0.704. The predicted octanol–water partition coefficient (Wildman–Crippen LogP) is 3.22. The first kappa shape index (κ1) is 12.1. The largest absolute Gasteiger partial charge is 0.309 e. The standard InChI is InChI=1S/C12H23NS/c1-5-8-13-11(10(2)3)12(4)7-6-9-14-12/h11,13H,2,5-9H2,1,3-4H3. The molecule has 14 heavy (non-hydrogen) atoms. The molecule has 0 bridgehead atoms. The van der Waals surface area contributed by atoms with Gasteiger partial charge in [0.15, 0.2) is 0 Å². The van der Waals surface area contributed by atoms with E-state index in [9.17, 15) is 0 Å². The van der Waals surface area contributed by atoms with Crippen LogP contribution in [-0.4, -0.2) is 23.1 Å². The molecule has 1 fully saturated rings. The van der Waals surface area contributed by atoms with Crippen LogP contribution in [0.2, 0.25) is 0 Å². The van der Waals surface area contributed by atoms with Crippen LogP contribution in [0.15, 0.2) is 12.2 Å². The van der Waals surface area contributed by atoms with Gasteiger partial charge in [0, 0.05) is 10.8 Å². The van der Waals surface area contributed by atoms with Gasteiger partial charge in [-0.25, -0.2) is 0 Å². The zero-order valence-electron chi connectivity index (χ0n) is 9.73. The summed E-state index contributed by atoms with van der Waals surface area (Å²) in [7, 11) is 0. The molecular weight excluding hydrogens is 190 g/mol. The maximum Gasteiger partial charge on any atom is 0.0420 e. The van der Waals surface area contributed by atoms with E-state index in [1.807, 2.05) is 0 Å². The van der Waals surface area contributed by atoms with Crippen LogP contribution in [-0.2, 0) is 0 Å². The normalized spacial score (nSPS) is 29.1. The average molecular weight is 213 g/mol. The second kappa shape index (κ2) is 5.22. The summed E-state index contributed by atoms with van der Waals surface area (Å²) in [6.45, 7) is 12.0. The Morgan fingerprint density at radius 3 is 2.79 bits per heavy atom. The number of thioether (sulfide) groups is 1. The van der Waals surface area contributed by atoms with Gasteiger partial charge in [0.05, 0.1) is 0 Å². The molecule has 0 aliphatic carbocycles. The molecule has 0 aromatic rings. The second-order valence-electron chi connectivity index (χ2n) is 4.50. The van der Waals surface area contributed by atoms with E-state index in [2.05, 4.69) is 44.4 Å². The predicted molar refractivity (Wildman–Crippen MR) is 67.0 cm³/mol. The fourth-order valence-corrected chi connectivity index (χ4v) is 3.72. The van der Waals surface area contributed by atoms with E-state index < -0.39 is 0 Å². The Labute approximate surface area is 92.7 Å². The van der Waals surface area contributed by atoms with Crippen molar-refractivity contribution in [2.75, 3.05) is 12.3 Å². The molecule has 1 aliphatic heterocycles. The first-order valence-corrected chi connectivity index (χ1v) is 6.61. The van der Waals surface area contributed by atoms with Crippen molar-refractivity contribution in [2.24, 2.45) is 0 Å². The molecule has 0 aromatic heterocycles. The molecule has 1 aliphatic rings. The molecule has 0 radical (unpaired) electrons. The second-order valence-corrected chi connectivity index (χ2v) is 6.13. The third-order valence-electron chi connectivity index (χ3n) is 2.95. The zero-order chi connectivity index (χ0) is 10.6. The highest BCUT2D eigenvalue weighted by atomic mass is 32.2. The van der Waals surface area contributed by atoms with Crippen LogP contribution in [0.25, 0.3) is 0 Å². The molecule has 0 aromatic carbocycles. The van der Waals surface area contributed by atoms with E-state index in [0.29, 0.717) is 10.8 Å². The molecule has 2 heteroatoms. The van der Waals surface area contributed by atoms with Crippen LogP contribution in [0, 0.1) is 0 Å². The molecule has 82 valence electrons. The van der Waals surface area contributed by atoms with Crippen molar-refractivity contribution in [3.63, 3.8) is 0 Å². The smallest absolute Gasteiger partial charge is 0.0420 e. The summed E-state index contributed by atoms with van der Waals surface area (Å²) in [4.78, 5) is 0. The average Bonchev–Trinajstić information content (AvgIpc) is 2.53. The summed E-state index contributed by atoms with van der Waals surface area (Å²) in [5.74, 6) is 1.31. The highest BCUT2D eigenvalue weighted by molar-refractivity contribution is 8.00. The van der Waals surface area contributed by atoms with Crippen molar-refractivity contribution in [1.29, 1.82) is 0 Å². The number of hydrogen-bond donors (Lipinski definition) is 1. The third kappa shape index (κ3) is 2.77. The van der Waals surface area contributed by atoms with Gasteiger partial charge >= 0.3 is 0 Å². The Morgan fingerprint density at radius 2 is 2.36 bits per heavy atom. The number of hydrogen-bond acceptors (Lipinski definition) is 2. The van der Waals surface area contributed by atoms with Crippen LogP contribution in [0.1, 0.15) is 40.0 Å². The van der Waals surface area contributed by atoms with Gasteiger partial charge in [0.2, 0.25) is 0 Å². The van der Waals surface area contributed by atoms with Crippen molar-refractivity contribution in [3.8, 4) is 0 Å². The Kier molecular flexibility index (Phi) is 4.52. The molecule has 2 unspecified atom stereocenters. The molecule has 1 saturated heterocycles. The fourth-order valence-electron chi connectivity index (χ4n) is 2.23. The highest BCUT2D eigenvalue weighted by Gasteiger charge is 2.37. The van der Waals surface area contributed by atoms with E-state index in [0.717, 1.165) is 6.54 Å². The van der Waals surface area contributed by atoms with Gasteiger partial charge in [0.1, 0.15) is 0 Å². The summed E-state index contributed by atoms with van der Waals surface area (Å²) in [5.41, 5.74) is 1.29. The van der Waals surface area contributed by atoms with Crippen molar-refractivity contribution in [1.82, 2.24) is 5.32 Å². The fraction of sp³-hybridized carbons (Fsp3) is 0.833. The molecular formula is C12H23NS. The highest BCUT2D eigenvalue weighted by Crippen LogP contribution is 2.42. The lowest BCUT2D eigenvalue weighted by Crippen LogP contribution is -2.46. The summed E-state index contributed by atoms with van der Waals surface area (Å²) >= 11 is 2.11. The van der Waals surface area contributed by atoms with Gasteiger partial charge < -0.3 is 5.32 Å². The summed E-state index contributed by atoms with van der Waals surface area (Å²) in [5, 5.41) is 3.63. The van der Waals surface area contributed by atoms with Crippen LogP contribution in [0.4, 0.5) is 0 Å². The summed E-state index contributed by atoms with van der Waals surface area (Å²) < 4.78 is 0.390. The van der Waals surface area contributed by atoms with Gasteiger partial charge in [-0.2, -0.15) is 11.8 Å². The minimum absolute atomic E-state index is 0.390. The Balaban J connectivity index is 2.61. The van der Waals surface area contributed by atoms with Crippen LogP contribution in [0.3, 0.4) is 0 Å². The Hall–Kier alpha value is 0.0500. The molecule has 0 amide bonds. The molecule has 1 nitrogen and oxygen atoms in total. The first-order chi connectivity index (χ1) is 6.60. The van der Waals surface area contributed by atoms with Crippen molar-refractivity contribution < 1.29 is 0 Å². The van der Waals surface area contributed by atoms with Gasteiger partial charge in [-0.1, -0.05) is 19.1 Å². The monoisotopic (exact) mass is 213 g/mol. The van der Waals surface area contributed by atoms with Gasteiger partial charge in [-0.15, -0.1) is 0 Å². The lowest BCUT2D eigenvalue weighted by atomic mass is 9.91. The van der Waals surface area contributed by atoms with E-state index in [4.69, 9.17) is 0 Å². The molecule has 0 spiro atoms. The Bertz CT molecular complexity index is 194. The van der Waals surface area contributed by atoms with E-state index >= 15 is 0 Å². The Morgan fingerprint density at radius 1 is 1.64 bits per heavy atom. The van der Waals surface area contributed by atoms with Crippen LogP contribution >= 0.6 is 11.8 Å². The third-order valence-corrected chi connectivity index (χ3v) is 4.54. The molecule has 1 heterocycles. The topological polar surface area (TPSA) is 12.0 Å². The van der Waals surface area contributed by atoms with Gasteiger partial charge in [-0.3, -0.25) is 0 Å².